The standard InChI is InChI=1S/C22H27N5O4.C15H21ClN4O.C7H7NO3/c1-22(2)12-27(14-6-4-5-7-14)18-16(26(3)20(22)31)11-23-21(25-18)24-15-9-8-13(19(29)30)10-17(15)28;1-15(2)9-20(10-6-4-5-7-10)12-11(19(3)13(15)21)8-17-14(16)18-12;8-5-2-1-4(7(10)11)3-6(5)9/h8-11,14,28H,4-7,12H2,1-3H3,(H,29,30)(H,23,24,25);8,10H,4-7,9H2,1-3H3;1-3,9H,8H2,(H,10,11). The highest BCUT2D eigenvalue weighted by Crippen LogP contribution is 2.42. The number of carboxylic acids is 2. The molecule has 4 aromatic rings. The number of carbonyl (C=O) groups is 4. The summed E-state index contributed by atoms with van der Waals surface area (Å²) in [7, 11) is 3.53. The molecule has 0 unspecified atom stereocenters. The third-order valence-corrected chi connectivity index (χ3v) is 12.1. The Labute approximate surface area is 370 Å². The molecule has 0 saturated heterocycles. The van der Waals surface area contributed by atoms with Crippen LogP contribution in [0.5, 0.6) is 11.5 Å². The molecule has 63 heavy (non-hydrogen) atoms. The molecule has 0 radical (unpaired) electrons. The van der Waals surface area contributed by atoms with Crippen LogP contribution in [0.1, 0.15) is 99.8 Å². The summed E-state index contributed by atoms with van der Waals surface area (Å²) in [5, 5.41) is 39.9. The molecular formula is C44H55ClN10O8. The van der Waals surface area contributed by atoms with E-state index in [-0.39, 0.29) is 51.4 Å². The molecule has 18 nitrogen and oxygen atoms in total. The zero-order valence-electron chi connectivity index (χ0n) is 36.3. The Hall–Kier alpha value is -6.43. The predicted octanol–water partition coefficient (Wildman–Crippen LogP) is 6.93. The molecule has 2 aromatic heterocycles. The SMILES string of the molecule is CN1C(=O)C(C)(C)CN(C2CCCC2)c2nc(Cl)ncc21.CN1C(=O)C(C)(C)CN(C2CCCC2)c2nc(Nc3ccc(C(=O)O)cc3O)ncc21.Nc1ccc(C(=O)O)cc1O. The van der Waals surface area contributed by atoms with Crippen molar-refractivity contribution in [3.05, 3.63) is 65.2 Å². The summed E-state index contributed by atoms with van der Waals surface area (Å²) in [6.07, 6.45) is 12.5. The van der Waals surface area contributed by atoms with Crippen LogP contribution in [0.2, 0.25) is 5.28 Å². The van der Waals surface area contributed by atoms with E-state index in [1.165, 1.54) is 43.2 Å². The van der Waals surface area contributed by atoms with E-state index < -0.39 is 22.8 Å². The van der Waals surface area contributed by atoms with Gasteiger partial charge in [-0.25, -0.2) is 19.6 Å². The van der Waals surface area contributed by atoms with Crippen LogP contribution in [-0.4, -0.2) is 103 Å². The van der Waals surface area contributed by atoms with Crippen LogP contribution in [-0.2, 0) is 9.59 Å². The maximum Gasteiger partial charge on any atom is 0.335 e. The number of aromatic nitrogens is 4. The molecule has 2 aliphatic carbocycles. The van der Waals surface area contributed by atoms with E-state index >= 15 is 0 Å². The number of carboxylic acid groups (broad SMARTS) is 2. The van der Waals surface area contributed by atoms with Gasteiger partial charge in [0.2, 0.25) is 23.0 Å². The van der Waals surface area contributed by atoms with E-state index in [1.54, 1.807) is 36.3 Å². The van der Waals surface area contributed by atoms with Gasteiger partial charge in [0.1, 0.15) is 22.9 Å². The molecule has 336 valence electrons. The van der Waals surface area contributed by atoms with Crippen molar-refractivity contribution in [1.82, 2.24) is 19.9 Å². The Morgan fingerprint density at radius 2 is 1.16 bits per heavy atom. The van der Waals surface area contributed by atoms with Gasteiger partial charge in [0.25, 0.3) is 0 Å². The van der Waals surface area contributed by atoms with Crippen LogP contribution in [0.4, 0.5) is 40.3 Å². The van der Waals surface area contributed by atoms with Gasteiger partial charge in [-0.05, 0) is 101 Å². The molecule has 2 aliphatic heterocycles. The number of fused-ring (bicyclic) bond motifs is 2. The molecule has 8 rings (SSSR count). The first kappa shape index (κ1) is 46.1. The van der Waals surface area contributed by atoms with Crippen molar-refractivity contribution in [3.8, 4) is 11.5 Å². The zero-order valence-corrected chi connectivity index (χ0v) is 37.1. The Morgan fingerprint density at radius 1 is 0.714 bits per heavy atom. The monoisotopic (exact) mass is 886 g/mol. The minimum absolute atomic E-state index is 0.0133. The summed E-state index contributed by atoms with van der Waals surface area (Å²) >= 11 is 6.00. The van der Waals surface area contributed by atoms with Crippen LogP contribution in [0.15, 0.2) is 48.8 Å². The predicted molar refractivity (Wildman–Crippen MR) is 240 cm³/mol. The van der Waals surface area contributed by atoms with Gasteiger partial charge < -0.3 is 51.1 Å². The van der Waals surface area contributed by atoms with Gasteiger partial charge in [0.05, 0.1) is 45.7 Å². The molecule has 2 fully saturated rings. The lowest BCUT2D eigenvalue weighted by molar-refractivity contribution is -0.126. The summed E-state index contributed by atoms with van der Waals surface area (Å²) < 4.78 is 0. The quantitative estimate of drug-likeness (QED) is 0.0652. The van der Waals surface area contributed by atoms with Crippen molar-refractivity contribution >= 4 is 75.7 Å². The maximum atomic E-state index is 13.0. The number of aromatic hydroxyl groups is 2. The molecule has 4 aliphatic rings. The van der Waals surface area contributed by atoms with Crippen molar-refractivity contribution in [3.63, 3.8) is 0 Å². The van der Waals surface area contributed by atoms with Gasteiger partial charge in [-0.1, -0.05) is 25.7 Å². The number of hydrogen-bond acceptors (Lipinski definition) is 14. The number of carbonyl (C=O) groups excluding carboxylic acids is 2. The average Bonchev–Trinajstić information content (AvgIpc) is 3.97. The highest BCUT2D eigenvalue weighted by Gasteiger charge is 2.43. The molecule has 0 atom stereocenters. The third kappa shape index (κ3) is 10.1. The van der Waals surface area contributed by atoms with Gasteiger partial charge in [0, 0.05) is 39.3 Å². The lowest BCUT2D eigenvalue weighted by atomic mass is 9.91. The third-order valence-electron chi connectivity index (χ3n) is 11.9. The minimum atomic E-state index is -1.12. The number of nitrogens with zero attached hydrogens (tertiary/aromatic N) is 8. The van der Waals surface area contributed by atoms with E-state index in [2.05, 4.69) is 30.1 Å². The number of phenols is 2. The van der Waals surface area contributed by atoms with Gasteiger partial charge >= 0.3 is 11.9 Å². The molecule has 2 saturated carbocycles. The molecule has 2 aromatic carbocycles. The Morgan fingerprint density at radius 3 is 1.62 bits per heavy atom. The topological polar surface area (TPSA) is 252 Å². The number of amides is 2. The number of nitrogen functional groups attached to an aromatic ring is 1. The smallest absolute Gasteiger partial charge is 0.335 e. The molecule has 4 heterocycles. The normalized spacial score (nSPS) is 18.3. The van der Waals surface area contributed by atoms with Crippen molar-refractivity contribution in [2.45, 2.75) is 91.1 Å². The lowest BCUT2D eigenvalue weighted by Crippen LogP contribution is -2.45. The summed E-state index contributed by atoms with van der Waals surface area (Å²) in [4.78, 5) is 72.5. The number of halogens is 1. The fourth-order valence-electron chi connectivity index (χ4n) is 8.54. The number of aromatic carboxylic acids is 2. The maximum absolute atomic E-state index is 13.0. The Kier molecular flexibility index (Phi) is 13.5. The van der Waals surface area contributed by atoms with Crippen LogP contribution < -0.4 is 30.7 Å². The highest BCUT2D eigenvalue weighted by atomic mass is 35.5. The van der Waals surface area contributed by atoms with Crippen molar-refractivity contribution in [1.29, 1.82) is 0 Å². The van der Waals surface area contributed by atoms with Crippen LogP contribution in [0.25, 0.3) is 0 Å². The second-order valence-corrected chi connectivity index (χ2v) is 18.0. The average molecular weight is 887 g/mol. The zero-order chi connectivity index (χ0) is 46.0. The van der Waals surface area contributed by atoms with Gasteiger partial charge in [0.15, 0.2) is 11.6 Å². The van der Waals surface area contributed by atoms with E-state index in [1.807, 2.05) is 27.7 Å². The minimum Gasteiger partial charge on any atom is -0.506 e. The number of nitrogens with one attached hydrogen (secondary N) is 1. The van der Waals surface area contributed by atoms with E-state index in [4.69, 9.17) is 37.6 Å². The Bertz CT molecular complexity index is 2380. The van der Waals surface area contributed by atoms with Gasteiger partial charge in [-0.15, -0.1) is 0 Å². The molecule has 2 amide bonds. The van der Waals surface area contributed by atoms with Crippen LogP contribution >= 0.6 is 11.6 Å². The second kappa shape index (κ2) is 18.5. The number of benzene rings is 2. The molecule has 0 spiro atoms. The number of hydrogen-bond donors (Lipinski definition) is 6. The van der Waals surface area contributed by atoms with Crippen molar-refractivity contribution in [2.24, 2.45) is 10.8 Å². The van der Waals surface area contributed by atoms with E-state index in [9.17, 15) is 24.3 Å². The first-order valence-electron chi connectivity index (χ1n) is 20.8. The molecule has 7 N–H and O–H groups in total. The first-order chi connectivity index (χ1) is 29.7. The summed E-state index contributed by atoms with van der Waals surface area (Å²) in [5.74, 6) is -0.762. The summed E-state index contributed by atoms with van der Waals surface area (Å²) in [6, 6.07) is 8.58. The van der Waals surface area contributed by atoms with Crippen molar-refractivity contribution in [2.75, 3.05) is 57.8 Å². The fraction of sp³-hybridized carbons (Fsp3) is 0.455. The molecular weight excluding hydrogens is 832 g/mol. The number of rotatable bonds is 6. The van der Waals surface area contributed by atoms with Crippen LogP contribution in [0, 0.1) is 10.8 Å². The largest absolute Gasteiger partial charge is 0.506 e. The Balaban J connectivity index is 0.000000177. The lowest BCUT2D eigenvalue weighted by Gasteiger charge is -2.34. The second-order valence-electron chi connectivity index (χ2n) is 17.6. The van der Waals surface area contributed by atoms with Crippen molar-refractivity contribution < 1.29 is 39.6 Å². The van der Waals surface area contributed by atoms with Gasteiger partial charge in [-0.3, -0.25) is 9.59 Å². The number of phenolic OH excluding ortho intramolecular Hbond substituents is 2. The van der Waals surface area contributed by atoms with Crippen LogP contribution in [0.3, 0.4) is 0 Å². The number of nitrogens with two attached hydrogens (primary N) is 1. The fourth-order valence-corrected chi connectivity index (χ4v) is 8.66. The van der Waals surface area contributed by atoms with E-state index in [0.29, 0.717) is 42.4 Å². The highest BCUT2D eigenvalue weighted by molar-refractivity contribution is 6.28. The first-order valence-corrected chi connectivity index (χ1v) is 21.2. The summed E-state index contributed by atoms with van der Waals surface area (Å²) in [5.41, 5.74) is 6.11. The summed E-state index contributed by atoms with van der Waals surface area (Å²) in [6.45, 7) is 9.12. The molecule has 0 bridgehead atoms. The van der Waals surface area contributed by atoms with E-state index in [0.717, 1.165) is 56.1 Å². The molecule has 19 heteroatoms. The number of anilines is 7. The van der Waals surface area contributed by atoms with Gasteiger partial charge in [-0.2, -0.15) is 9.97 Å².